The quantitative estimate of drug-likeness (QED) is 0.909. The van der Waals surface area contributed by atoms with Crippen molar-refractivity contribution in [2.75, 3.05) is 6.61 Å². The number of hydrogen-bond donors (Lipinski definition) is 1. The molecular weight excluding hydrogens is 284 g/mol. The van der Waals surface area contributed by atoms with Crippen LogP contribution in [0.15, 0.2) is 0 Å². The predicted octanol–water partition coefficient (Wildman–Crippen LogP) is 3.16. The van der Waals surface area contributed by atoms with E-state index in [4.69, 9.17) is 9.72 Å². The lowest BCUT2D eigenvalue weighted by Crippen LogP contribution is -2.31. The largest absolute Gasteiger partial charge is 0.368 e. The lowest BCUT2D eigenvalue weighted by atomic mass is 10.0. The van der Waals surface area contributed by atoms with E-state index in [1.807, 2.05) is 6.92 Å². The number of hydrogen-bond acceptors (Lipinski definition) is 4. The van der Waals surface area contributed by atoms with Crippen molar-refractivity contribution in [3.63, 3.8) is 0 Å². The number of carbonyl (C=O) groups is 1. The molecule has 0 aliphatic heterocycles. The Bertz CT molecular complexity index is 471. The van der Waals surface area contributed by atoms with Gasteiger partial charge in [0.2, 0.25) is 5.91 Å². The highest BCUT2D eigenvalue weighted by Crippen LogP contribution is 2.29. The molecule has 2 aliphatic carbocycles. The average Bonchev–Trinajstić information content (AvgIpc) is 3.14. The van der Waals surface area contributed by atoms with Gasteiger partial charge >= 0.3 is 0 Å². The Hall–Kier alpha value is -0.940. The van der Waals surface area contributed by atoms with Crippen LogP contribution < -0.4 is 5.32 Å². The van der Waals surface area contributed by atoms with Crippen molar-refractivity contribution >= 4 is 17.2 Å². The van der Waals surface area contributed by atoms with E-state index in [1.54, 1.807) is 11.3 Å². The van der Waals surface area contributed by atoms with Gasteiger partial charge in [-0.1, -0.05) is 12.8 Å². The molecule has 1 aromatic heterocycles. The molecule has 1 aromatic rings. The Morgan fingerprint density at radius 3 is 2.86 bits per heavy atom. The number of nitrogens with one attached hydrogen (secondary N) is 1. The first-order chi connectivity index (χ1) is 10.2. The number of rotatable bonds is 5. The summed E-state index contributed by atoms with van der Waals surface area (Å²) < 4.78 is 5.65. The predicted molar refractivity (Wildman–Crippen MR) is 83.5 cm³/mol. The van der Waals surface area contributed by atoms with Crippen molar-refractivity contribution < 1.29 is 9.53 Å². The third kappa shape index (κ3) is 3.83. The topological polar surface area (TPSA) is 51.2 Å². The average molecular weight is 308 g/mol. The van der Waals surface area contributed by atoms with Crippen molar-refractivity contribution in [2.45, 2.75) is 70.4 Å². The van der Waals surface area contributed by atoms with Crippen molar-refractivity contribution in [3.05, 3.63) is 15.6 Å². The Balaban J connectivity index is 1.49. The fourth-order valence-corrected chi connectivity index (χ4v) is 4.31. The van der Waals surface area contributed by atoms with Crippen molar-refractivity contribution in [3.8, 4) is 0 Å². The van der Waals surface area contributed by atoms with E-state index in [0.717, 1.165) is 30.7 Å². The summed E-state index contributed by atoms with van der Waals surface area (Å²) in [5.41, 5.74) is 1.25. The van der Waals surface area contributed by atoms with Crippen LogP contribution in [0.1, 0.15) is 67.1 Å². The van der Waals surface area contributed by atoms with Crippen molar-refractivity contribution in [1.82, 2.24) is 10.3 Å². The molecule has 1 atom stereocenters. The van der Waals surface area contributed by atoms with Crippen molar-refractivity contribution in [1.29, 1.82) is 0 Å². The molecule has 116 valence electrons. The van der Waals surface area contributed by atoms with Crippen LogP contribution in [0.5, 0.6) is 0 Å². The number of aromatic nitrogens is 1. The molecule has 3 rings (SSSR count). The minimum atomic E-state index is -0.0254. The van der Waals surface area contributed by atoms with E-state index >= 15 is 0 Å². The molecule has 2 aliphatic rings. The van der Waals surface area contributed by atoms with Gasteiger partial charge in [-0.3, -0.25) is 4.79 Å². The highest BCUT2D eigenvalue weighted by Gasteiger charge is 2.21. The Kier molecular flexibility index (Phi) is 4.91. The third-order valence-electron chi connectivity index (χ3n) is 4.36. The summed E-state index contributed by atoms with van der Waals surface area (Å²) >= 11 is 1.76. The maximum Gasteiger partial charge on any atom is 0.246 e. The Morgan fingerprint density at radius 2 is 2.10 bits per heavy atom. The van der Waals surface area contributed by atoms with Gasteiger partial charge in [0.15, 0.2) is 0 Å². The standard InChI is InChI=1S/C16H24N2O2S/c1-11(16-18-13-8-4-5-9-14(13)21-16)17-15(19)10-20-12-6-2-3-7-12/h11-12H,2-10H2,1H3,(H,17,19)/t11-/m1/s1. The molecule has 0 unspecified atom stereocenters. The highest BCUT2D eigenvalue weighted by atomic mass is 32.1. The molecule has 0 aromatic carbocycles. The summed E-state index contributed by atoms with van der Waals surface area (Å²) in [6, 6.07) is -0.0136. The SMILES string of the molecule is C[C@@H](NC(=O)COC1CCCC1)c1nc2c(s1)CCCC2. The second-order valence-corrected chi connectivity index (χ2v) is 7.25. The summed E-state index contributed by atoms with van der Waals surface area (Å²) in [6.45, 7) is 2.19. The maximum absolute atomic E-state index is 12.0. The Morgan fingerprint density at radius 1 is 1.33 bits per heavy atom. The smallest absolute Gasteiger partial charge is 0.246 e. The van der Waals surface area contributed by atoms with Crippen LogP contribution >= 0.6 is 11.3 Å². The van der Waals surface area contributed by atoms with E-state index in [0.29, 0.717) is 6.10 Å². The molecule has 0 bridgehead atoms. The zero-order valence-electron chi connectivity index (χ0n) is 12.7. The highest BCUT2D eigenvalue weighted by molar-refractivity contribution is 7.11. The number of carbonyl (C=O) groups excluding carboxylic acids is 1. The van der Waals surface area contributed by atoms with Crippen molar-refractivity contribution in [2.24, 2.45) is 0 Å². The van der Waals surface area contributed by atoms with E-state index < -0.39 is 0 Å². The minimum absolute atomic E-state index is 0.0136. The van der Waals surface area contributed by atoms with Gasteiger partial charge in [0.1, 0.15) is 11.6 Å². The molecule has 0 radical (unpaired) electrons. The number of ether oxygens (including phenoxy) is 1. The van der Waals surface area contributed by atoms with E-state index in [-0.39, 0.29) is 18.6 Å². The summed E-state index contributed by atoms with van der Waals surface area (Å²) in [6.07, 6.45) is 9.70. The number of amides is 1. The first-order valence-electron chi connectivity index (χ1n) is 8.12. The van der Waals surface area contributed by atoms with Crippen LogP contribution in [-0.2, 0) is 22.4 Å². The van der Waals surface area contributed by atoms with E-state index in [2.05, 4.69) is 5.32 Å². The van der Waals surface area contributed by atoms with Crippen LogP contribution in [0.25, 0.3) is 0 Å². The lowest BCUT2D eigenvalue weighted by molar-refractivity contribution is -0.128. The van der Waals surface area contributed by atoms with E-state index in [1.165, 1.54) is 36.3 Å². The zero-order valence-corrected chi connectivity index (χ0v) is 13.5. The molecule has 5 heteroatoms. The number of fused-ring (bicyclic) bond motifs is 1. The minimum Gasteiger partial charge on any atom is -0.368 e. The summed E-state index contributed by atoms with van der Waals surface area (Å²) in [5.74, 6) is -0.0254. The third-order valence-corrected chi connectivity index (χ3v) is 5.70. The van der Waals surface area contributed by atoms with Crippen LogP contribution in [0.4, 0.5) is 0 Å². The first-order valence-corrected chi connectivity index (χ1v) is 8.93. The lowest BCUT2D eigenvalue weighted by Gasteiger charge is -2.14. The molecule has 1 fully saturated rings. The van der Waals surface area contributed by atoms with Gasteiger partial charge in [0.05, 0.1) is 17.8 Å². The number of thiazole rings is 1. The number of nitrogens with zero attached hydrogens (tertiary/aromatic N) is 1. The maximum atomic E-state index is 12.0. The Labute approximate surface area is 130 Å². The van der Waals surface area contributed by atoms with Gasteiger partial charge in [-0.25, -0.2) is 4.98 Å². The second-order valence-electron chi connectivity index (χ2n) is 6.14. The van der Waals surface area contributed by atoms with Gasteiger partial charge in [-0.05, 0) is 45.4 Å². The molecule has 4 nitrogen and oxygen atoms in total. The van der Waals surface area contributed by atoms with Gasteiger partial charge in [0, 0.05) is 4.88 Å². The number of aryl methyl sites for hydroxylation is 2. The summed E-state index contributed by atoms with van der Waals surface area (Å²) in [4.78, 5) is 18.1. The summed E-state index contributed by atoms with van der Waals surface area (Å²) in [7, 11) is 0. The van der Waals surface area contributed by atoms with E-state index in [9.17, 15) is 4.79 Å². The second kappa shape index (κ2) is 6.88. The fraction of sp³-hybridized carbons (Fsp3) is 0.750. The van der Waals surface area contributed by atoms with Gasteiger partial charge < -0.3 is 10.1 Å². The monoisotopic (exact) mass is 308 g/mol. The first kappa shape index (κ1) is 15.0. The van der Waals surface area contributed by atoms with Crippen LogP contribution in [-0.4, -0.2) is 23.6 Å². The molecule has 1 N–H and O–H groups in total. The molecule has 0 saturated heterocycles. The zero-order chi connectivity index (χ0) is 14.7. The molecule has 1 amide bonds. The molecule has 0 spiro atoms. The van der Waals surface area contributed by atoms with Gasteiger partial charge in [-0.2, -0.15) is 0 Å². The molecule has 1 saturated carbocycles. The summed E-state index contributed by atoms with van der Waals surface area (Å²) in [5, 5.41) is 4.05. The fourth-order valence-electron chi connectivity index (χ4n) is 3.15. The normalized spacial score (nSPS) is 20.2. The van der Waals surface area contributed by atoms with Crippen LogP contribution in [0, 0.1) is 0 Å². The molecule has 21 heavy (non-hydrogen) atoms. The van der Waals surface area contributed by atoms with Crippen LogP contribution in [0.3, 0.4) is 0 Å². The van der Waals surface area contributed by atoms with Crippen LogP contribution in [0.2, 0.25) is 0 Å². The van der Waals surface area contributed by atoms with Gasteiger partial charge in [-0.15, -0.1) is 11.3 Å². The molecular formula is C16H24N2O2S. The van der Waals surface area contributed by atoms with Gasteiger partial charge in [0.25, 0.3) is 0 Å². The molecule has 1 heterocycles.